The third-order valence-electron chi connectivity index (χ3n) is 1.96. The van der Waals surface area contributed by atoms with Crippen LogP contribution in [-0.2, 0) is 5.92 Å². The molecule has 0 radical (unpaired) electrons. The van der Waals surface area contributed by atoms with E-state index in [9.17, 15) is 13.6 Å². The molecule has 0 N–H and O–H groups in total. The zero-order chi connectivity index (χ0) is 9.47. The lowest BCUT2D eigenvalue weighted by molar-refractivity contribution is -0.0214. The molecule has 0 amide bonds. The predicted molar refractivity (Wildman–Crippen MR) is 41.2 cm³/mol. The summed E-state index contributed by atoms with van der Waals surface area (Å²) in [6, 6.07) is 4.15. The molecule has 1 aromatic carbocycles. The van der Waals surface area contributed by atoms with Crippen molar-refractivity contribution in [3.8, 4) is 5.75 Å². The summed E-state index contributed by atoms with van der Waals surface area (Å²) in [6.45, 7) is -0.673. The van der Waals surface area contributed by atoms with Crippen LogP contribution in [0.1, 0.15) is 15.9 Å². The number of aldehydes is 1. The van der Waals surface area contributed by atoms with Crippen molar-refractivity contribution in [2.24, 2.45) is 0 Å². The second-order valence-electron chi connectivity index (χ2n) is 2.83. The first-order chi connectivity index (χ1) is 6.15. The molecule has 0 aromatic heterocycles. The summed E-state index contributed by atoms with van der Waals surface area (Å²) in [5.74, 6) is -2.95. The highest BCUT2D eigenvalue weighted by atomic mass is 19.3. The molecule has 0 spiro atoms. The van der Waals surface area contributed by atoms with Gasteiger partial charge in [-0.3, -0.25) is 4.79 Å². The highest BCUT2D eigenvalue weighted by Crippen LogP contribution is 2.42. The van der Waals surface area contributed by atoms with Crippen molar-refractivity contribution in [1.29, 1.82) is 0 Å². The first-order valence-electron chi connectivity index (χ1n) is 3.74. The van der Waals surface area contributed by atoms with Crippen LogP contribution >= 0.6 is 0 Å². The molecule has 0 bridgehead atoms. The summed E-state index contributed by atoms with van der Waals surface area (Å²) in [5, 5.41) is 0. The van der Waals surface area contributed by atoms with Crippen LogP contribution in [0, 0.1) is 0 Å². The fourth-order valence-corrected chi connectivity index (χ4v) is 1.34. The average Bonchev–Trinajstić information content (AvgIpc) is 2.43. The molecule has 1 aromatic rings. The Labute approximate surface area is 73.1 Å². The number of fused-ring (bicyclic) bond motifs is 1. The van der Waals surface area contributed by atoms with E-state index in [0.717, 1.165) is 0 Å². The van der Waals surface area contributed by atoms with E-state index in [2.05, 4.69) is 0 Å². The summed E-state index contributed by atoms with van der Waals surface area (Å²) >= 11 is 0. The minimum atomic E-state index is -2.96. The Morgan fingerprint density at radius 1 is 1.46 bits per heavy atom. The number of ether oxygens (including phenoxy) is 1. The maximum atomic E-state index is 13.0. The van der Waals surface area contributed by atoms with Crippen molar-refractivity contribution in [2.45, 2.75) is 5.92 Å². The molecule has 0 atom stereocenters. The lowest BCUT2D eigenvalue weighted by Gasteiger charge is -2.05. The van der Waals surface area contributed by atoms with Crippen LogP contribution in [0.25, 0.3) is 0 Å². The minimum Gasteiger partial charge on any atom is -0.486 e. The summed E-state index contributed by atoms with van der Waals surface area (Å²) in [7, 11) is 0. The molecule has 0 saturated carbocycles. The molecule has 0 fully saturated rings. The standard InChI is InChI=1S/C9H6F2O2/c10-9(11)5-13-8-6(4-12)2-1-3-7(8)9/h1-4H,5H2. The molecule has 0 aliphatic carbocycles. The lowest BCUT2D eigenvalue weighted by Crippen LogP contribution is -2.14. The van der Waals surface area contributed by atoms with Crippen LogP contribution in [0.5, 0.6) is 5.75 Å². The van der Waals surface area contributed by atoms with Gasteiger partial charge in [-0.2, -0.15) is 8.78 Å². The van der Waals surface area contributed by atoms with Crippen molar-refractivity contribution in [2.75, 3.05) is 6.61 Å². The molecule has 13 heavy (non-hydrogen) atoms. The first kappa shape index (κ1) is 8.16. The molecule has 0 saturated heterocycles. The predicted octanol–water partition coefficient (Wildman–Crippen LogP) is 1.98. The van der Waals surface area contributed by atoms with Gasteiger partial charge in [-0.25, -0.2) is 0 Å². The zero-order valence-electron chi connectivity index (χ0n) is 6.59. The molecule has 68 valence electrons. The minimum absolute atomic E-state index is 0.0162. The zero-order valence-corrected chi connectivity index (χ0v) is 6.59. The number of alkyl halides is 2. The molecule has 1 aliphatic heterocycles. The monoisotopic (exact) mass is 184 g/mol. The number of carbonyl (C=O) groups is 1. The average molecular weight is 184 g/mol. The SMILES string of the molecule is O=Cc1cccc2c1OCC2(F)F. The number of halogens is 2. The third-order valence-corrected chi connectivity index (χ3v) is 1.96. The van der Waals surface area contributed by atoms with Gasteiger partial charge in [-0.1, -0.05) is 6.07 Å². The van der Waals surface area contributed by atoms with Crippen LogP contribution in [0.3, 0.4) is 0 Å². The Kier molecular flexibility index (Phi) is 1.58. The summed E-state index contributed by atoms with van der Waals surface area (Å²) in [5.41, 5.74) is -0.0215. The molecule has 1 aliphatic rings. The molecule has 2 rings (SSSR count). The lowest BCUT2D eigenvalue weighted by atomic mass is 10.1. The van der Waals surface area contributed by atoms with Crippen molar-refractivity contribution in [3.05, 3.63) is 29.3 Å². The molecule has 4 heteroatoms. The first-order valence-corrected chi connectivity index (χ1v) is 3.74. The topological polar surface area (TPSA) is 26.3 Å². The van der Waals surface area contributed by atoms with E-state index in [-0.39, 0.29) is 16.9 Å². The molecule has 0 unspecified atom stereocenters. The van der Waals surface area contributed by atoms with E-state index < -0.39 is 12.5 Å². The van der Waals surface area contributed by atoms with E-state index in [1.165, 1.54) is 18.2 Å². The maximum absolute atomic E-state index is 13.0. The second kappa shape index (κ2) is 2.52. The molecule has 1 heterocycles. The van der Waals surface area contributed by atoms with Gasteiger partial charge < -0.3 is 4.74 Å². The van der Waals surface area contributed by atoms with Crippen LogP contribution in [0.15, 0.2) is 18.2 Å². The van der Waals surface area contributed by atoms with Gasteiger partial charge >= 0.3 is 5.92 Å². The largest absolute Gasteiger partial charge is 0.486 e. The maximum Gasteiger partial charge on any atom is 0.310 e. The molecule has 2 nitrogen and oxygen atoms in total. The fourth-order valence-electron chi connectivity index (χ4n) is 1.34. The number of rotatable bonds is 1. The van der Waals surface area contributed by atoms with Gasteiger partial charge in [0.05, 0.1) is 11.1 Å². The Balaban J connectivity index is 2.62. The number of benzene rings is 1. The Hall–Kier alpha value is -1.45. The van der Waals surface area contributed by atoms with Gasteiger partial charge in [-0.15, -0.1) is 0 Å². The van der Waals surface area contributed by atoms with E-state index >= 15 is 0 Å². The number of hydrogen-bond acceptors (Lipinski definition) is 2. The quantitative estimate of drug-likeness (QED) is 0.624. The van der Waals surface area contributed by atoms with Crippen molar-refractivity contribution in [3.63, 3.8) is 0 Å². The second-order valence-corrected chi connectivity index (χ2v) is 2.83. The third kappa shape index (κ3) is 1.09. The smallest absolute Gasteiger partial charge is 0.310 e. The summed E-state index contributed by atoms with van der Waals surface area (Å²) < 4.78 is 30.8. The number of hydrogen-bond donors (Lipinski definition) is 0. The van der Waals surface area contributed by atoms with Crippen molar-refractivity contribution < 1.29 is 18.3 Å². The number of para-hydroxylation sites is 1. The van der Waals surface area contributed by atoms with Crippen molar-refractivity contribution >= 4 is 6.29 Å². The van der Waals surface area contributed by atoms with Crippen LogP contribution in [0.4, 0.5) is 8.78 Å². The molecular formula is C9H6F2O2. The Morgan fingerprint density at radius 3 is 2.92 bits per heavy atom. The van der Waals surface area contributed by atoms with Gasteiger partial charge in [0.15, 0.2) is 12.9 Å². The normalized spacial score (nSPS) is 17.7. The van der Waals surface area contributed by atoms with Gasteiger partial charge in [-0.05, 0) is 12.1 Å². The summed E-state index contributed by atoms with van der Waals surface area (Å²) in [6.07, 6.45) is 0.514. The van der Waals surface area contributed by atoms with Crippen LogP contribution < -0.4 is 4.74 Å². The van der Waals surface area contributed by atoms with Crippen LogP contribution in [0.2, 0.25) is 0 Å². The molecular weight excluding hydrogens is 178 g/mol. The highest BCUT2D eigenvalue weighted by Gasteiger charge is 2.42. The van der Waals surface area contributed by atoms with Gasteiger partial charge in [0.25, 0.3) is 0 Å². The summed E-state index contributed by atoms with van der Waals surface area (Å²) in [4.78, 5) is 10.5. The number of carbonyl (C=O) groups excluding carboxylic acids is 1. The van der Waals surface area contributed by atoms with Crippen molar-refractivity contribution in [1.82, 2.24) is 0 Å². The Bertz CT molecular complexity index is 361. The highest BCUT2D eigenvalue weighted by molar-refractivity contribution is 5.80. The van der Waals surface area contributed by atoms with E-state index in [1.54, 1.807) is 0 Å². The van der Waals surface area contributed by atoms with Gasteiger partial charge in [0.2, 0.25) is 0 Å². The van der Waals surface area contributed by atoms with Gasteiger partial charge in [0, 0.05) is 0 Å². The fraction of sp³-hybridized carbons (Fsp3) is 0.222. The van der Waals surface area contributed by atoms with Crippen LogP contribution in [-0.4, -0.2) is 12.9 Å². The Morgan fingerprint density at radius 2 is 2.23 bits per heavy atom. The van der Waals surface area contributed by atoms with E-state index in [4.69, 9.17) is 4.74 Å². The van der Waals surface area contributed by atoms with E-state index in [0.29, 0.717) is 6.29 Å². The van der Waals surface area contributed by atoms with E-state index in [1.807, 2.05) is 0 Å². The van der Waals surface area contributed by atoms with Gasteiger partial charge in [0.1, 0.15) is 5.75 Å².